The number of carbonyl (C=O) groups is 1. The molecule has 2 saturated carbocycles. The molecule has 0 aliphatic heterocycles. The summed E-state index contributed by atoms with van der Waals surface area (Å²) in [6.45, 7) is 6.04. The van der Waals surface area contributed by atoms with Gasteiger partial charge in [0.05, 0.1) is 29.3 Å². The van der Waals surface area contributed by atoms with Gasteiger partial charge in [-0.2, -0.15) is 13.2 Å². The highest BCUT2D eigenvalue weighted by Gasteiger charge is 2.69. The molecule has 4 atom stereocenters. The number of phenolic OH excluding ortho intramolecular Hbond substituents is 1. The average Bonchev–Trinajstić information content (AvgIpc) is 3.45. The fourth-order valence-electron chi connectivity index (χ4n) is 6.83. The summed E-state index contributed by atoms with van der Waals surface area (Å²) in [5, 5.41) is 30.1. The largest absolute Gasteiger partial charge is 0.508 e. The molecule has 1 aromatic heterocycles. The molecule has 3 aliphatic carbocycles. The Hall–Kier alpha value is -3.46. The minimum atomic E-state index is -4.43. The van der Waals surface area contributed by atoms with Crippen LogP contribution in [0.25, 0.3) is 11.3 Å². The van der Waals surface area contributed by atoms with Gasteiger partial charge in [0.15, 0.2) is 5.78 Å². The summed E-state index contributed by atoms with van der Waals surface area (Å²) in [7, 11) is 0. The van der Waals surface area contributed by atoms with Gasteiger partial charge in [-0.25, -0.2) is 0 Å². The molecule has 0 amide bonds. The van der Waals surface area contributed by atoms with Gasteiger partial charge in [0, 0.05) is 17.1 Å². The first-order valence-corrected chi connectivity index (χ1v) is 11.8. The molecule has 2 bridgehead atoms. The van der Waals surface area contributed by atoms with Crippen LogP contribution >= 0.6 is 0 Å². The molecule has 2 aromatic carbocycles. The number of halogens is 3. The zero-order valence-electron chi connectivity index (χ0n) is 19.5. The number of carbonyl (C=O) groups excluding carboxylic acids is 1. The molecule has 1 heterocycles. The quantitative estimate of drug-likeness (QED) is 0.505. The van der Waals surface area contributed by atoms with E-state index in [2.05, 4.69) is 16.9 Å². The third-order valence-corrected chi connectivity index (χ3v) is 8.59. The molecule has 36 heavy (non-hydrogen) atoms. The highest BCUT2D eigenvalue weighted by atomic mass is 19.4. The van der Waals surface area contributed by atoms with Crippen LogP contribution in [0.15, 0.2) is 54.7 Å². The molecular weight excluding hydrogens is 471 g/mol. The highest BCUT2D eigenvalue weighted by Crippen LogP contribution is 2.70. The first-order valence-electron chi connectivity index (χ1n) is 11.8. The summed E-state index contributed by atoms with van der Waals surface area (Å²) in [5.41, 5.74) is 0.845. The summed E-state index contributed by atoms with van der Waals surface area (Å²) < 4.78 is 40.4. The number of alkyl halides is 3. The van der Waals surface area contributed by atoms with Crippen molar-refractivity contribution in [1.82, 2.24) is 15.0 Å². The Labute approximate surface area is 205 Å². The lowest BCUT2D eigenvalue weighted by Crippen LogP contribution is -2.41. The van der Waals surface area contributed by atoms with Gasteiger partial charge < -0.3 is 10.2 Å². The van der Waals surface area contributed by atoms with Crippen LogP contribution in [0.1, 0.15) is 53.4 Å². The van der Waals surface area contributed by atoms with Crippen LogP contribution in [0.5, 0.6) is 5.75 Å². The normalized spacial score (nSPS) is 28.9. The number of nitrogens with zero attached hydrogens (tertiary/aromatic N) is 3. The summed E-state index contributed by atoms with van der Waals surface area (Å²) in [4.78, 5) is 13.7. The van der Waals surface area contributed by atoms with Crippen molar-refractivity contribution in [2.45, 2.75) is 56.3 Å². The van der Waals surface area contributed by atoms with Crippen molar-refractivity contribution < 1.29 is 28.2 Å². The fourth-order valence-corrected chi connectivity index (χ4v) is 6.83. The van der Waals surface area contributed by atoms with Crippen molar-refractivity contribution in [2.75, 3.05) is 0 Å². The number of ketones is 1. The minimum Gasteiger partial charge on any atom is -0.508 e. The van der Waals surface area contributed by atoms with Crippen LogP contribution in [-0.2, 0) is 17.5 Å². The molecule has 2 N–H and O–H groups in total. The number of rotatable bonds is 3. The predicted octanol–water partition coefficient (Wildman–Crippen LogP) is 4.90. The number of aliphatic hydroxyl groups is 1. The van der Waals surface area contributed by atoms with E-state index in [1.807, 2.05) is 13.0 Å². The third-order valence-electron chi connectivity index (χ3n) is 8.59. The number of hydrogen-bond donors (Lipinski definition) is 2. The molecule has 0 unspecified atom stereocenters. The number of aromatic nitrogens is 3. The first-order chi connectivity index (χ1) is 17.0. The van der Waals surface area contributed by atoms with Gasteiger partial charge in [-0.15, -0.1) is 5.10 Å². The molecule has 9 heteroatoms. The van der Waals surface area contributed by atoms with Crippen LogP contribution in [0.3, 0.4) is 0 Å². The lowest BCUT2D eigenvalue weighted by molar-refractivity contribution is -0.137. The molecule has 1 spiro atoms. The second kappa shape index (κ2) is 7.29. The van der Waals surface area contributed by atoms with E-state index in [4.69, 9.17) is 0 Å². The molecule has 3 aliphatic rings. The van der Waals surface area contributed by atoms with Gasteiger partial charge in [-0.05, 0) is 67.0 Å². The summed E-state index contributed by atoms with van der Waals surface area (Å²) in [6, 6.07) is 8.23. The summed E-state index contributed by atoms with van der Waals surface area (Å²) >= 11 is 0. The first kappa shape index (κ1) is 23.0. The number of hydrogen-bond acceptors (Lipinski definition) is 5. The molecule has 2 fully saturated rings. The number of aromatic hydroxyl groups is 1. The van der Waals surface area contributed by atoms with Gasteiger partial charge in [-0.3, -0.25) is 9.48 Å². The molecule has 6 rings (SSSR count). The van der Waals surface area contributed by atoms with Gasteiger partial charge in [0.25, 0.3) is 0 Å². The van der Waals surface area contributed by atoms with E-state index in [9.17, 15) is 28.2 Å². The smallest absolute Gasteiger partial charge is 0.416 e. The van der Waals surface area contributed by atoms with Crippen molar-refractivity contribution in [3.63, 3.8) is 0 Å². The van der Waals surface area contributed by atoms with Crippen LogP contribution < -0.4 is 0 Å². The highest BCUT2D eigenvalue weighted by molar-refractivity contribution is 6.06. The number of benzene rings is 2. The van der Waals surface area contributed by atoms with Gasteiger partial charge in [0.2, 0.25) is 0 Å². The van der Waals surface area contributed by atoms with Crippen molar-refractivity contribution >= 4 is 5.78 Å². The Kier molecular flexibility index (Phi) is 4.65. The van der Waals surface area contributed by atoms with Gasteiger partial charge in [-0.1, -0.05) is 30.0 Å². The van der Waals surface area contributed by atoms with Gasteiger partial charge >= 0.3 is 6.18 Å². The third kappa shape index (κ3) is 2.98. The number of Topliss-reactive ketones (excluding diaryl/α,β-unsaturated/α-hetero) is 1. The van der Waals surface area contributed by atoms with E-state index in [1.54, 1.807) is 16.9 Å². The topological polar surface area (TPSA) is 88.2 Å². The predicted molar refractivity (Wildman–Crippen MR) is 124 cm³/mol. The van der Waals surface area contributed by atoms with Crippen molar-refractivity contribution in [3.8, 4) is 17.0 Å². The van der Waals surface area contributed by atoms with E-state index in [0.29, 0.717) is 29.7 Å². The maximum atomic E-state index is 13.7. The molecule has 0 saturated heterocycles. The Morgan fingerprint density at radius 2 is 1.92 bits per heavy atom. The second-order valence-electron chi connectivity index (χ2n) is 10.3. The fraction of sp³-hybridized carbons (Fsp3) is 0.370. The molecule has 186 valence electrons. The van der Waals surface area contributed by atoms with Crippen LogP contribution in [0.2, 0.25) is 0 Å². The van der Waals surface area contributed by atoms with Crippen LogP contribution in [-0.4, -0.2) is 36.6 Å². The summed E-state index contributed by atoms with van der Waals surface area (Å²) in [6.07, 6.45) is -1.43. The van der Waals surface area contributed by atoms with Crippen molar-refractivity contribution in [3.05, 3.63) is 77.0 Å². The van der Waals surface area contributed by atoms with Gasteiger partial charge in [0.1, 0.15) is 11.4 Å². The molecule has 0 radical (unpaired) electrons. The number of fused-ring (bicyclic) bond motifs is 3. The molecular formula is C27H24F3N3O3. The SMILES string of the molecule is C=C1C(=O)[C@]23C[C@@]1(O)CC[C@H]2c1ccc(O)c(C)c1[C@@H]3Cn1cc(-c2ccc(C(F)(F)F)cc2)nn1. The zero-order chi connectivity index (χ0) is 25.6. The second-order valence-corrected chi connectivity index (χ2v) is 10.3. The Bertz CT molecular complexity index is 1430. The lowest BCUT2D eigenvalue weighted by atomic mass is 9.62. The minimum absolute atomic E-state index is 0.110. The average molecular weight is 496 g/mol. The Morgan fingerprint density at radius 3 is 2.61 bits per heavy atom. The zero-order valence-corrected chi connectivity index (χ0v) is 19.5. The maximum absolute atomic E-state index is 13.7. The maximum Gasteiger partial charge on any atom is 0.416 e. The van der Waals surface area contributed by atoms with E-state index in [1.165, 1.54) is 12.1 Å². The monoisotopic (exact) mass is 495 g/mol. The van der Waals surface area contributed by atoms with Crippen LogP contribution in [0, 0.1) is 12.3 Å². The van der Waals surface area contributed by atoms with E-state index in [0.717, 1.165) is 23.3 Å². The standard InChI is InChI=1S/C27H24F3N3O3/c1-14-22(34)8-7-18-19-9-10-25(36)13-26(19,24(35)15(25)2)20(23(14)18)11-33-12-21(31-32-33)16-3-5-17(6-4-16)27(28,29)30/h3-8,12,19-20,34,36H,2,9-11,13H2,1H3/t19-,20-,25-,26+/m0/s1. The van der Waals surface area contributed by atoms with E-state index in [-0.39, 0.29) is 41.9 Å². The summed E-state index contributed by atoms with van der Waals surface area (Å²) in [5.74, 6) is -0.500. The molecule has 6 nitrogen and oxygen atoms in total. The number of phenols is 1. The van der Waals surface area contributed by atoms with E-state index < -0.39 is 22.8 Å². The van der Waals surface area contributed by atoms with Crippen LogP contribution in [0.4, 0.5) is 13.2 Å². The molecule has 3 aromatic rings. The van der Waals surface area contributed by atoms with Crippen molar-refractivity contribution in [1.29, 1.82) is 0 Å². The van der Waals surface area contributed by atoms with Crippen molar-refractivity contribution in [2.24, 2.45) is 5.41 Å². The lowest BCUT2D eigenvalue weighted by Gasteiger charge is -2.41. The Balaban J connectivity index is 1.41. The Morgan fingerprint density at radius 1 is 1.19 bits per heavy atom. The van der Waals surface area contributed by atoms with E-state index >= 15 is 0 Å².